The average molecular weight is 168 g/mol. The highest BCUT2D eigenvalue weighted by Gasteiger charge is 2.11. The Labute approximate surface area is 73.7 Å². The van der Waals surface area contributed by atoms with Crippen molar-refractivity contribution in [2.45, 2.75) is 31.8 Å². The topological polar surface area (TPSA) is 45.0 Å². The van der Waals surface area contributed by atoms with E-state index < -0.39 is 0 Å². The maximum atomic E-state index is 8.31. The van der Waals surface area contributed by atoms with Gasteiger partial charge in [0.15, 0.2) is 0 Å². The van der Waals surface area contributed by atoms with Gasteiger partial charge in [-0.05, 0) is 19.3 Å². The smallest absolute Gasteiger partial charge is 0.0700 e. The van der Waals surface area contributed by atoms with Crippen molar-refractivity contribution in [3.8, 4) is 6.07 Å². The zero-order valence-electron chi connectivity index (χ0n) is 7.38. The molecule has 3 heteroatoms. The predicted molar refractivity (Wildman–Crippen MR) is 46.7 cm³/mol. The molecule has 1 aliphatic heterocycles. The molecule has 1 rings (SSSR count). The summed E-state index contributed by atoms with van der Waals surface area (Å²) in [5.74, 6) is 0. The van der Waals surface area contributed by atoms with Crippen LogP contribution in [0.15, 0.2) is 0 Å². The molecule has 1 unspecified atom stereocenters. The van der Waals surface area contributed by atoms with Crippen LogP contribution in [0.25, 0.3) is 0 Å². The molecule has 0 saturated carbocycles. The van der Waals surface area contributed by atoms with E-state index in [0.717, 1.165) is 39.0 Å². The minimum Gasteiger partial charge on any atom is -0.376 e. The van der Waals surface area contributed by atoms with E-state index in [-0.39, 0.29) is 0 Å². The Morgan fingerprint density at radius 2 is 2.42 bits per heavy atom. The van der Waals surface area contributed by atoms with Gasteiger partial charge in [0.05, 0.1) is 18.8 Å². The van der Waals surface area contributed by atoms with E-state index >= 15 is 0 Å². The highest BCUT2D eigenvalue weighted by molar-refractivity contribution is 4.71. The Morgan fingerprint density at radius 1 is 1.50 bits per heavy atom. The molecule has 68 valence electrons. The first-order valence-corrected chi connectivity index (χ1v) is 4.63. The van der Waals surface area contributed by atoms with Gasteiger partial charge in [-0.15, -0.1) is 0 Å². The summed E-state index contributed by atoms with van der Waals surface area (Å²) in [4.78, 5) is 0. The molecule has 0 amide bonds. The Balaban J connectivity index is 1.95. The maximum Gasteiger partial charge on any atom is 0.0700 e. The first kappa shape index (κ1) is 9.50. The summed E-state index contributed by atoms with van der Waals surface area (Å²) in [6.07, 6.45) is 4.28. The van der Waals surface area contributed by atoms with Crippen molar-refractivity contribution in [1.29, 1.82) is 5.26 Å². The van der Waals surface area contributed by atoms with Crippen LogP contribution in [0, 0.1) is 11.3 Å². The molecule has 3 nitrogen and oxygen atoms in total. The second-order valence-corrected chi connectivity index (χ2v) is 3.10. The van der Waals surface area contributed by atoms with Gasteiger partial charge in [-0.2, -0.15) is 5.26 Å². The summed E-state index contributed by atoms with van der Waals surface area (Å²) in [5, 5.41) is 11.6. The molecule has 1 N–H and O–H groups in total. The van der Waals surface area contributed by atoms with Crippen LogP contribution in [0.1, 0.15) is 25.7 Å². The third kappa shape index (κ3) is 3.70. The molecule has 12 heavy (non-hydrogen) atoms. The number of unbranched alkanes of at least 4 members (excludes halogenated alkanes) is 2. The molecule has 0 aromatic heterocycles. The van der Waals surface area contributed by atoms with E-state index in [0.29, 0.717) is 12.5 Å². The third-order valence-corrected chi connectivity index (χ3v) is 2.07. The van der Waals surface area contributed by atoms with E-state index in [2.05, 4.69) is 11.4 Å². The van der Waals surface area contributed by atoms with Crippen molar-refractivity contribution in [3.05, 3.63) is 0 Å². The number of hydrogen-bond donors (Lipinski definition) is 1. The van der Waals surface area contributed by atoms with Crippen LogP contribution in [0.3, 0.4) is 0 Å². The monoisotopic (exact) mass is 168 g/mol. The van der Waals surface area contributed by atoms with Crippen LogP contribution in [0.2, 0.25) is 0 Å². The molecule has 0 aromatic carbocycles. The van der Waals surface area contributed by atoms with E-state index in [1.54, 1.807) is 0 Å². The Hall–Kier alpha value is -0.590. The molecule has 1 heterocycles. The second-order valence-electron chi connectivity index (χ2n) is 3.10. The third-order valence-electron chi connectivity index (χ3n) is 2.07. The minimum atomic E-state index is 0.387. The lowest BCUT2D eigenvalue weighted by atomic mass is 10.1. The van der Waals surface area contributed by atoms with Gasteiger partial charge in [0.25, 0.3) is 0 Å². The summed E-state index contributed by atoms with van der Waals surface area (Å²) in [6.45, 7) is 2.80. The number of morpholine rings is 1. The van der Waals surface area contributed by atoms with Crippen LogP contribution in [0.5, 0.6) is 0 Å². The number of hydrogen-bond acceptors (Lipinski definition) is 3. The Bertz CT molecular complexity index is 147. The highest BCUT2D eigenvalue weighted by atomic mass is 16.5. The van der Waals surface area contributed by atoms with E-state index in [4.69, 9.17) is 10.00 Å². The van der Waals surface area contributed by atoms with E-state index in [1.165, 1.54) is 0 Å². The normalized spacial score (nSPS) is 23.4. The molecule has 1 fully saturated rings. The average Bonchev–Trinajstić information content (AvgIpc) is 2.14. The molecule has 0 spiro atoms. The van der Waals surface area contributed by atoms with Gasteiger partial charge >= 0.3 is 0 Å². The fraction of sp³-hybridized carbons (Fsp3) is 0.889. The van der Waals surface area contributed by atoms with Crippen molar-refractivity contribution in [2.24, 2.45) is 0 Å². The van der Waals surface area contributed by atoms with Crippen molar-refractivity contribution >= 4 is 0 Å². The van der Waals surface area contributed by atoms with Crippen molar-refractivity contribution in [1.82, 2.24) is 5.32 Å². The summed E-state index contributed by atoms with van der Waals surface area (Å²) in [7, 11) is 0. The van der Waals surface area contributed by atoms with Crippen molar-refractivity contribution < 1.29 is 4.74 Å². The Kier molecular flexibility index (Phi) is 4.74. The first-order valence-electron chi connectivity index (χ1n) is 4.63. The predicted octanol–water partition coefficient (Wildman–Crippen LogP) is 1.06. The fourth-order valence-electron chi connectivity index (χ4n) is 1.38. The zero-order valence-corrected chi connectivity index (χ0v) is 7.38. The lowest BCUT2D eigenvalue weighted by Gasteiger charge is -2.23. The number of ether oxygens (including phenoxy) is 1. The van der Waals surface area contributed by atoms with E-state index in [1.807, 2.05) is 0 Å². The largest absolute Gasteiger partial charge is 0.376 e. The molecule has 1 atom stereocenters. The molecule has 0 bridgehead atoms. The first-order chi connectivity index (χ1) is 5.93. The number of nitrogens with one attached hydrogen (secondary N) is 1. The van der Waals surface area contributed by atoms with Gasteiger partial charge in [-0.1, -0.05) is 0 Å². The fourth-order valence-corrected chi connectivity index (χ4v) is 1.38. The maximum absolute atomic E-state index is 8.31. The van der Waals surface area contributed by atoms with Gasteiger partial charge < -0.3 is 10.1 Å². The van der Waals surface area contributed by atoms with Crippen LogP contribution < -0.4 is 5.32 Å². The lowest BCUT2D eigenvalue weighted by molar-refractivity contribution is 0.0222. The Morgan fingerprint density at radius 3 is 3.08 bits per heavy atom. The molecule has 1 saturated heterocycles. The molecule has 0 aromatic rings. The van der Waals surface area contributed by atoms with Gasteiger partial charge in [0, 0.05) is 19.5 Å². The van der Waals surface area contributed by atoms with Crippen LogP contribution in [-0.4, -0.2) is 25.8 Å². The SMILES string of the molecule is N#CCCCCC1CNCCO1. The molecular formula is C9H16N2O. The number of nitriles is 1. The lowest BCUT2D eigenvalue weighted by Crippen LogP contribution is -2.38. The standard InChI is InChI=1S/C9H16N2O/c10-5-3-1-2-4-9-8-11-6-7-12-9/h9,11H,1-4,6-8H2. The van der Waals surface area contributed by atoms with Crippen LogP contribution in [-0.2, 0) is 4.74 Å². The van der Waals surface area contributed by atoms with Crippen molar-refractivity contribution in [2.75, 3.05) is 19.7 Å². The summed E-state index contributed by atoms with van der Waals surface area (Å²) in [6, 6.07) is 2.15. The number of nitrogens with zero attached hydrogens (tertiary/aromatic N) is 1. The minimum absolute atomic E-state index is 0.387. The second kappa shape index (κ2) is 5.99. The molecule has 0 radical (unpaired) electrons. The molecule has 1 aliphatic rings. The van der Waals surface area contributed by atoms with Gasteiger partial charge in [-0.3, -0.25) is 0 Å². The van der Waals surface area contributed by atoms with Gasteiger partial charge in [0.2, 0.25) is 0 Å². The summed E-state index contributed by atoms with van der Waals surface area (Å²) in [5.41, 5.74) is 0. The van der Waals surface area contributed by atoms with Gasteiger partial charge in [-0.25, -0.2) is 0 Å². The summed E-state index contributed by atoms with van der Waals surface area (Å²) >= 11 is 0. The zero-order chi connectivity index (χ0) is 8.65. The number of rotatable bonds is 4. The van der Waals surface area contributed by atoms with Crippen molar-refractivity contribution in [3.63, 3.8) is 0 Å². The molecular weight excluding hydrogens is 152 g/mol. The van der Waals surface area contributed by atoms with E-state index in [9.17, 15) is 0 Å². The van der Waals surface area contributed by atoms with Gasteiger partial charge in [0.1, 0.15) is 0 Å². The quantitative estimate of drug-likeness (QED) is 0.638. The van der Waals surface area contributed by atoms with Crippen LogP contribution in [0.4, 0.5) is 0 Å². The molecule has 0 aliphatic carbocycles. The van der Waals surface area contributed by atoms with Crippen LogP contribution >= 0.6 is 0 Å². The highest BCUT2D eigenvalue weighted by Crippen LogP contribution is 2.07. The summed E-state index contributed by atoms with van der Waals surface area (Å²) < 4.78 is 5.51.